The van der Waals surface area contributed by atoms with Crippen LogP contribution in [0.3, 0.4) is 0 Å². The van der Waals surface area contributed by atoms with Crippen LogP contribution in [-0.4, -0.2) is 30.2 Å². The number of hydrogen-bond donors (Lipinski definition) is 2. The molecule has 2 N–H and O–H groups in total. The molecule has 0 fully saturated rings. The highest BCUT2D eigenvalue weighted by molar-refractivity contribution is 6.01. The Bertz CT molecular complexity index is 814. The maximum Gasteiger partial charge on any atom is 0.337 e. The predicted molar refractivity (Wildman–Crippen MR) is 71.7 cm³/mol. The van der Waals surface area contributed by atoms with Crippen molar-refractivity contribution in [3.05, 3.63) is 53.0 Å². The summed E-state index contributed by atoms with van der Waals surface area (Å²) in [6.07, 6.45) is 5.09. The number of fused-ring (bicyclic) bond motifs is 1. The summed E-state index contributed by atoms with van der Waals surface area (Å²) in [4.78, 5) is 29.8. The summed E-state index contributed by atoms with van der Waals surface area (Å²) in [6.45, 7) is 0.917. The Morgan fingerprint density at radius 2 is 2.20 bits per heavy atom. The fourth-order valence-electron chi connectivity index (χ4n) is 2.24. The second kappa shape index (κ2) is 4.69. The molecule has 0 amide bonds. The highest BCUT2D eigenvalue weighted by Crippen LogP contribution is 2.16. The van der Waals surface area contributed by atoms with E-state index in [9.17, 15) is 14.7 Å². The van der Waals surface area contributed by atoms with Gasteiger partial charge in [-0.15, -0.1) is 0 Å². The van der Waals surface area contributed by atoms with Crippen molar-refractivity contribution in [3.8, 4) is 0 Å². The van der Waals surface area contributed by atoms with Gasteiger partial charge in [-0.2, -0.15) is 0 Å². The number of hydrogen-bond acceptors (Lipinski definition) is 3. The predicted octanol–water partition coefficient (Wildman–Crippen LogP) is 0.924. The van der Waals surface area contributed by atoms with Crippen molar-refractivity contribution in [2.75, 3.05) is 0 Å². The van der Waals surface area contributed by atoms with Crippen molar-refractivity contribution in [2.24, 2.45) is 0 Å². The number of nitrogens with one attached hydrogen (secondary N) is 1. The molecule has 2 aromatic heterocycles. The summed E-state index contributed by atoms with van der Waals surface area (Å²) < 4.78 is 3.27. The zero-order valence-corrected chi connectivity index (χ0v) is 10.5. The Kier molecular flexibility index (Phi) is 2.86. The van der Waals surface area contributed by atoms with Crippen LogP contribution in [0.2, 0.25) is 0 Å². The van der Waals surface area contributed by atoms with Gasteiger partial charge in [0.15, 0.2) is 0 Å². The number of aromatic carboxylic acids is 1. The summed E-state index contributed by atoms with van der Waals surface area (Å²) in [5.41, 5.74) is 0.756. The van der Waals surface area contributed by atoms with Crippen molar-refractivity contribution >= 4 is 17.0 Å². The van der Waals surface area contributed by atoms with Gasteiger partial charge in [0.25, 0.3) is 0 Å². The first-order valence-electron chi connectivity index (χ1n) is 6.07. The third-order valence-electron chi connectivity index (χ3n) is 3.16. The van der Waals surface area contributed by atoms with E-state index in [4.69, 9.17) is 0 Å². The van der Waals surface area contributed by atoms with Crippen LogP contribution >= 0.6 is 0 Å². The van der Waals surface area contributed by atoms with Crippen LogP contribution in [0, 0.1) is 0 Å². The topological polar surface area (TPSA) is 92.9 Å². The fraction of sp³-hybridized carbons (Fsp3) is 0.154. The lowest BCUT2D eigenvalue weighted by Crippen LogP contribution is -2.20. The molecule has 0 atom stereocenters. The number of aromatic nitrogens is 4. The molecule has 0 aliphatic rings. The van der Waals surface area contributed by atoms with Gasteiger partial charge in [0, 0.05) is 25.5 Å². The number of aryl methyl sites for hydroxylation is 2. The van der Waals surface area contributed by atoms with Gasteiger partial charge in [-0.05, 0) is 12.1 Å². The monoisotopic (exact) mass is 272 g/mol. The smallest absolute Gasteiger partial charge is 0.337 e. The van der Waals surface area contributed by atoms with E-state index in [-0.39, 0.29) is 11.3 Å². The first-order valence-corrected chi connectivity index (χ1v) is 6.07. The standard InChI is InChI=1S/C13H12N4O3/c18-12(19)9-2-1-3-10-11(9)17(13(20)15-10)7-6-16-5-4-14-8-16/h1-5,8H,6-7H2,(H,15,20)(H,18,19). The molecule has 20 heavy (non-hydrogen) atoms. The van der Waals surface area contributed by atoms with Crippen LogP contribution < -0.4 is 5.69 Å². The zero-order chi connectivity index (χ0) is 14.1. The van der Waals surface area contributed by atoms with Gasteiger partial charge in [-0.25, -0.2) is 14.6 Å². The number of imidazole rings is 2. The number of H-pyrrole nitrogens is 1. The van der Waals surface area contributed by atoms with Gasteiger partial charge >= 0.3 is 11.7 Å². The molecule has 0 saturated carbocycles. The van der Waals surface area contributed by atoms with Crippen molar-refractivity contribution in [1.29, 1.82) is 0 Å². The van der Waals surface area contributed by atoms with Crippen molar-refractivity contribution in [1.82, 2.24) is 19.1 Å². The summed E-state index contributed by atoms with van der Waals surface area (Å²) >= 11 is 0. The first-order chi connectivity index (χ1) is 9.66. The molecular formula is C13H12N4O3. The Hall–Kier alpha value is -2.83. The number of nitrogens with zero attached hydrogens (tertiary/aromatic N) is 3. The van der Waals surface area contributed by atoms with Crippen LogP contribution in [0.4, 0.5) is 0 Å². The minimum Gasteiger partial charge on any atom is -0.478 e. The average Bonchev–Trinajstić information content (AvgIpc) is 3.02. The lowest BCUT2D eigenvalue weighted by Gasteiger charge is -2.06. The Morgan fingerprint density at radius 1 is 1.35 bits per heavy atom. The van der Waals surface area contributed by atoms with Gasteiger partial charge < -0.3 is 14.7 Å². The second-order valence-electron chi connectivity index (χ2n) is 4.39. The van der Waals surface area contributed by atoms with Crippen molar-refractivity contribution in [2.45, 2.75) is 13.1 Å². The van der Waals surface area contributed by atoms with E-state index < -0.39 is 5.97 Å². The van der Waals surface area contributed by atoms with E-state index in [1.807, 2.05) is 4.57 Å². The highest BCUT2D eigenvalue weighted by atomic mass is 16.4. The normalized spacial score (nSPS) is 11.0. The van der Waals surface area contributed by atoms with Crippen LogP contribution in [0.25, 0.3) is 11.0 Å². The number of aromatic amines is 1. The van der Waals surface area contributed by atoms with Crippen LogP contribution in [0.1, 0.15) is 10.4 Å². The molecule has 0 aliphatic heterocycles. The third-order valence-corrected chi connectivity index (χ3v) is 3.16. The highest BCUT2D eigenvalue weighted by Gasteiger charge is 2.15. The molecule has 3 rings (SSSR count). The Labute approximate surface area is 113 Å². The Morgan fingerprint density at radius 3 is 2.90 bits per heavy atom. The van der Waals surface area contributed by atoms with E-state index in [1.54, 1.807) is 30.9 Å². The van der Waals surface area contributed by atoms with Gasteiger partial charge in [-0.3, -0.25) is 4.57 Å². The van der Waals surface area contributed by atoms with E-state index in [0.717, 1.165) is 0 Å². The number of rotatable bonds is 4. The number of carbonyl (C=O) groups is 1. The van der Waals surface area contributed by atoms with E-state index in [2.05, 4.69) is 9.97 Å². The van der Waals surface area contributed by atoms with Crippen LogP contribution in [-0.2, 0) is 13.1 Å². The molecule has 0 radical (unpaired) electrons. The van der Waals surface area contributed by atoms with Gasteiger partial charge in [0.05, 0.1) is 22.9 Å². The minimum atomic E-state index is -1.05. The molecule has 1 aromatic carbocycles. The molecular weight excluding hydrogens is 260 g/mol. The molecule has 7 nitrogen and oxygen atoms in total. The maximum atomic E-state index is 12.0. The first kappa shape index (κ1) is 12.2. The van der Waals surface area contributed by atoms with Crippen molar-refractivity contribution in [3.63, 3.8) is 0 Å². The van der Waals surface area contributed by atoms with Crippen molar-refractivity contribution < 1.29 is 9.90 Å². The minimum absolute atomic E-state index is 0.117. The fourth-order valence-corrected chi connectivity index (χ4v) is 2.24. The number of para-hydroxylation sites is 1. The lowest BCUT2D eigenvalue weighted by molar-refractivity contribution is 0.0698. The molecule has 0 saturated heterocycles. The Balaban J connectivity index is 2.07. The lowest BCUT2D eigenvalue weighted by atomic mass is 10.2. The summed E-state index contributed by atoms with van der Waals surface area (Å²) in [5, 5.41) is 9.22. The summed E-state index contributed by atoms with van der Waals surface area (Å²) in [6, 6.07) is 4.80. The molecule has 2 heterocycles. The van der Waals surface area contributed by atoms with Gasteiger partial charge in [-0.1, -0.05) is 6.07 Å². The molecule has 0 unspecified atom stereocenters. The molecule has 0 aliphatic carbocycles. The number of carboxylic acid groups (broad SMARTS) is 1. The summed E-state index contributed by atoms with van der Waals surface area (Å²) in [5.74, 6) is -1.05. The van der Waals surface area contributed by atoms with E-state index in [1.165, 1.54) is 10.6 Å². The largest absolute Gasteiger partial charge is 0.478 e. The SMILES string of the molecule is O=C(O)c1cccc2[nH]c(=O)n(CCn3ccnc3)c12. The average molecular weight is 272 g/mol. The zero-order valence-electron chi connectivity index (χ0n) is 10.5. The maximum absolute atomic E-state index is 12.0. The number of benzene rings is 1. The van der Waals surface area contributed by atoms with E-state index in [0.29, 0.717) is 24.1 Å². The molecule has 0 bridgehead atoms. The van der Waals surface area contributed by atoms with E-state index >= 15 is 0 Å². The van der Waals surface area contributed by atoms with Gasteiger partial charge in [0.1, 0.15) is 0 Å². The quantitative estimate of drug-likeness (QED) is 0.738. The molecule has 102 valence electrons. The third kappa shape index (κ3) is 1.99. The molecule has 3 aromatic rings. The second-order valence-corrected chi connectivity index (χ2v) is 4.39. The van der Waals surface area contributed by atoms with Crippen LogP contribution in [0.5, 0.6) is 0 Å². The summed E-state index contributed by atoms with van der Waals surface area (Å²) in [7, 11) is 0. The van der Waals surface area contributed by atoms with Gasteiger partial charge in [0.2, 0.25) is 0 Å². The number of carboxylic acids is 1. The molecule has 0 spiro atoms. The van der Waals surface area contributed by atoms with Crippen LogP contribution in [0.15, 0.2) is 41.7 Å². The molecule has 7 heteroatoms.